The standard InChI is InChI=1S/C24H16O3S/c25-22(20-11-10-18-4-1-2-5-19(18)16-20)14-9-17-7-12-21(13-8-17)27-24(26)23-6-3-15-28-23/h1-16H. The highest BCUT2D eigenvalue weighted by Gasteiger charge is 2.09. The largest absolute Gasteiger partial charge is 0.422 e. The van der Waals surface area contributed by atoms with Crippen molar-refractivity contribution in [3.63, 3.8) is 0 Å². The van der Waals surface area contributed by atoms with Crippen LogP contribution in [-0.2, 0) is 0 Å². The van der Waals surface area contributed by atoms with Crippen molar-refractivity contribution in [1.82, 2.24) is 0 Å². The van der Waals surface area contributed by atoms with Gasteiger partial charge >= 0.3 is 5.97 Å². The molecule has 3 aromatic carbocycles. The number of carbonyl (C=O) groups is 2. The van der Waals surface area contributed by atoms with E-state index < -0.39 is 0 Å². The second-order valence-corrected chi connectivity index (χ2v) is 7.14. The molecule has 0 radical (unpaired) electrons. The van der Waals surface area contributed by atoms with Crippen molar-refractivity contribution in [2.75, 3.05) is 0 Å². The highest BCUT2D eigenvalue weighted by molar-refractivity contribution is 7.12. The van der Waals surface area contributed by atoms with Crippen LogP contribution >= 0.6 is 11.3 Å². The average molecular weight is 384 g/mol. The van der Waals surface area contributed by atoms with Crippen LogP contribution in [0.2, 0.25) is 0 Å². The van der Waals surface area contributed by atoms with Gasteiger partial charge in [0.15, 0.2) is 5.78 Å². The minimum Gasteiger partial charge on any atom is -0.422 e. The van der Waals surface area contributed by atoms with E-state index in [0.29, 0.717) is 16.2 Å². The quantitative estimate of drug-likeness (QED) is 0.183. The summed E-state index contributed by atoms with van der Waals surface area (Å²) in [5.74, 6) is 0.0418. The van der Waals surface area contributed by atoms with Gasteiger partial charge in [-0.2, -0.15) is 0 Å². The predicted molar refractivity (Wildman–Crippen MR) is 113 cm³/mol. The smallest absolute Gasteiger partial charge is 0.353 e. The van der Waals surface area contributed by atoms with Gasteiger partial charge in [0.2, 0.25) is 0 Å². The van der Waals surface area contributed by atoms with Crippen LogP contribution in [0.3, 0.4) is 0 Å². The Morgan fingerprint density at radius 1 is 0.821 bits per heavy atom. The molecule has 0 N–H and O–H groups in total. The van der Waals surface area contributed by atoms with E-state index in [1.165, 1.54) is 11.3 Å². The molecule has 28 heavy (non-hydrogen) atoms. The van der Waals surface area contributed by atoms with Gasteiger partial charge in [-0.05, 0) is 52.1 Å². The number of ether oxygens (including phenoxy) is 1. The van der Waals surface area contributed by atoms with Crippen LogP contribution in [0.25, 0.3) is 16.8 Å². The van der Waals surface area contributed by atoms with Gasteiger partial charge in [0.05, 0.1) is 0 Å². The molecule has 4 aromatic rings. The Kier molecular flexibility index (Phi) is 5.13. The maximum atomic E-state index is 12.5. The van der Waals surface area contributed by atoms with E-state index in [0.717, 1.165) is 16.3 Å². The number of allylic oxidation sites excluding steroid dienone is 1. The summed E-state index contributed by atoms with van der Waals surface area (Å²) < 4.78 is 5.33. The predicted octanol–water partition coefficient (Wildman–Crippen LogP) is 6.02. The molecular weight excluding hydrogens is 368 g/mol. The molecule has 1 heterocycles. The van der Waals surface area contributed by atoms with Crippen molar-refractivity contribution in [3.05, 3.63) is 106 Å². The lowest BCUT2D eigenvalue weighted by Gasteiger charge is -2.03. The Balaban J connectivity index is 1.43. The Hall–Kier alpha value is -3.50. The Labute approximate surface area is 166 Å². The fourth-order valence-corrected chi connectivity index (χ4v) is 3.41. The molecule has 136 valence electrons. The Morgan fingerprint density at radius 3 is 2.36 bits per heavy atom. The van der Waals surface area contributed by atoms with Crippen molar-refractivity contribution in [2.45, 2.75) is 0 Å². The molecule has 0 amide bonds. The van der Waals surface area contributed by atoms with E-state index in [9.17, 15) is 9.59 Å². The van der Waals surface area contributed by atoms with Crippen LogP contribution in [0.1, 0.15) is 25.6 Å². The molecule has 0 unspecified atom stereocenters. The van der Waals surface area contributed by atoms with Crippen LogP contribution in [0, 0.1) is 0 Å². The molecule has 0 saturated heterocycles. The second kappa shape index (κ2) is 8.03. The number of hydrogen-bond donors (Lipinski definition) is 0. The van der Waals surface area contributed by atoms with E-state index in [1.54, 1.807) is 42.5 Å². The van der Waals surface area contributed by atoms with Crippen molar-refractivity contribution >= 4 is 39.9 Å². The summed E-state index contributed by atoms with van der Waals surface area (Å²) in [5, 5.41) is 3.98. The lowest BCUT2D eigenvalue weighted by Crippen LogP contribution is -2.05. The molecule has 0 bridgehead atoms. The van der Waals surface area contributed by atoms with Gasteiger partial charge in [0.25, 0.3) is 0 Å². The molecule has 0 saturated carbocycles. The lowest BCUT2D eigenvalue weighted by molar-refractivity contribution is 0.0739. The third-order valence-corrected chi connectivity index (χ3v) is 5.12. The minimum atomic E-state index is -0.371. The summed E-state index contributed by atoms with van der Waals surface area (Å²) in [7, 11) is 0. The first-order valence-electron chi connectivity index (χ1n) is 8.76. The van der Waals surface area contributed by atoms with Crippen LogP contribution in [0.15, 0.2) is 90.3 Å². The molecule has 3 nitrogen and oxygen atoms in total. The van der Waals surface area contributed by atoms with E-state index in [1.807, 2.05) is 53.9 Å². The molecule has 0 aliphatic carbocycles. The average Bonchev–Trinajstić information content (AvgIpc) is 3.28. The van der Waals surface area contributed by atoms with Crippen molar-refractivity contribution in [2.24, 2.45) is 0 Å². The first-order valence-corrected chi connectivity index (χ1v) is 9.64. The molecule has 4 heteroatoms. The molecule has 0 atom stereocenters. The van der Waals surface area contributed by atoms with Crippen molar-refractivity contribution in [3.8, 4) is 5.75 Å². The third kappa shape index (κ3) is 4.08. The molecule has 0 spiro atoms. The monoisotopic (exact) mass is 384 g/mol. The summed E-state index contributed by atoms with van der Waals surface area (Å²) in [6, 6.07) is 24.2. The van der Waals surface area contributed by atoms with Crippen LogP contribution in [0.5, 0.6) is 5.75 Å². The summed E-state index contributed by atoms with van der Waals surface area (Å²) in [6.45, 7) is 0. The number of carbonyl (C=O) groups excluding carboxylic acids is 2. The van der Waals surface area contributed by atoms with Gasteiger partial charge in [-0.15, -0.1) is 11.3 Å². The summed E-state index contributed by atoms with van der Waals surface area (Å²) in [6.07, 6.45) is 3.30. The zero-order chi connectivity index (χ0) is 19.3. The molecule has 0 aliphatic rings. The number of rotatable bonds is 5. The van der Waals surface area contributed by atoms with Crippen LogP contribution in [-0.4, -0.2) is 11.8 Å². The van der Waals surface area contributed by atoms with Gasteiger partial charge in [0.1, 0.15) is 10.6 Å². The highest BCUT2D eigenvalue weighted by atomic mass is 32.1. The summed E-state index contributed by atoms with van der Waals surface area (Å²) in [4.78, 5) is 25.0. The van der Waals surface area contributed by atoms with Crippen molar-refractivity contribution < 1.29 is 14.3 Å². The SMILES string of the molecule is O=C(C=Cc1ccc(OC(=O)c2cccs2)cc1)c1ccc2ccccc2c1. The molecular formula is C24H16O3S. The number of thiophene rings is 1. The van der Waals surface area contributed by atoms with Crippen molar-refractivity contribution in [1.29, 1.82) is 0 Å². The van der Waals surface area contributed by atoms with Crippen LogP contribution in [0.4, 0.5) is 0 Å². The fraction of sp³-hybridized carbons (Fsp3) is 0. The van der Waals surface area contributed by atoms with E-state index >= 15 is 0 Å². The highest BCUT2D eigenvalue weighted by Crippen LogP contribution is 2.19. The van der Waals surface area contributed by atoms with E-state index in [2.05, 4.69) is 0 Å². The molecule has 4 rings (SSSR count). The maximum absolute atomic E-state index is 12.5. The molecule has 1 aromatic heterocycles. The number of ketones is 1. The van der Waals surface area contributed by atoms with Gasteiger partial charge in [0, 0.05) is 5.56 Å². The normalized spacial score (nSPS) is 11.0. The van der Waals surface area contributed by atoms with Gasteiger partial charge in [-0.25, -0.2) is 4.79 Å². The zero-order valence-electron chi connectivity index (χ0n) is 14.9. The van der Waals surface area contributed by atoms with E-state index in [-0.39, 0.29) is 11.8 Å². The summed E-state index contributed by atoms with van der Waals surface area (Å²) >= 11 is 1.34. The number of hydrogen-bond acceptors (Lipinski definition) is 4. The Bertz CT molecular complexity index is 1160. The van der Waals surface area contributed by atoms with Gasteiger partial charge in [-0.1, -0.05) is 60.7 Å². The minimum absolute atomic E-state index is 0.0565. The first-order chi connectivity index (χ1) is 13.7. The van der Waals surface area contributed by atoms with E-state index in [4.69, 9.17) is 4.74 Å². The molecule has 0 fully saturated rings. The zero-order valence-corrected chi connectivity index (χ0v) is 15.7. The maximum Gasteiger partial charge on any atom is 0.353 e. The molecule has 0 aliphatic heterocycles. The Morgan fingerprint density at radius 2 is 1.61 bits per heavy atom. The lowest BCUT2D eigenvalue weighted by atomic mass is 10.0. The number of esters is 1. The fourth-order valence-electron chi connectivity index (χ4n) is 2.81. The van der Waals surface area contributed by atoms with Gasteiger partial charge in [-0.3, -0.25) is 4.79 Å². The van der Waals surface area contributed by atoms with Crippen LogP contribution < -0.4 is 4.74 Å². The number of benzene rings is 3. The second-order valence-electron chi connectivity index (χ2n) is 6.20. The number of fused-ring (bicyclic) bond motifs is 1. The first kappa shape index (κ1) is 17.9. The van der Waals surface area contributed by atoms with Gasteiger partial charge < -0.3 is 4.74 Å². The third-order valence-electron chi connectivity index (χ3n) is 4.27. The topological polar surface area (TPSA) is 43.4 Å². The summed E-state index contributed by atoms with van der Waals surface area (Å²) in [5.41, 5.74) is 1.50.